The second kappa shape index (κ2) is 4.39. The third-order valence-corrected chi connectivity index (χ3v) is 5.48. The van der Waals surface area contributed by atoms with Crippen molar-refractivity contribution in [1.29, 1.82) is 0 Å². The van der Waals surface area contributed by atoms with E-state index in [1.165, 1.54) is 0 Å². The molecule has 0 amide bonds. The molecule has 1 unspecified atom stereocenters. The molecule has 0 heterocycles. The van der Waals surface area contributed by atoms with Crippen LogP contribution in [-0.2, 0) is 10.0 Å². The summed E-state index contributed by atoms with van der Waals surface area (Å²) in [5.41, 5.74) is 5.59. The molecule has 0 bridgehead atoms. The van der Waals surface area contributed by atoms with Gasteiger partial charge in [-0.3, -0.25) is 0 Å². The average Bonchev–Trinajstić information content (AvgIpc) is 2.88. The smallest absolute Gasteiger partial charge is 0.214 e. The summed E-state index contributed by atoms with van der Waals surface area (Å²) in [6.07, 6.45) is 5.96. The number of nitrogens with two attached hydrogens (primary N) is 1. The van der Waals surface area contributed by atoms with E-state index in [0.717, 1.165) is 38.5 Å². The van der Waals surface area contributed by atoms with Gasteiger partial charge in [0.2, 0.25) is 10.0 Å². The topological polar surface area (TPSA) is 72.2 Å². The van der Waals surface area contributed by atoms with E-state index >= 15 is 0 Å². The van der Waals surface area contributed by atoms with Gasteiger partial charge in [-0.25, -0.2) is 13.1 Å². The van der Waals surface area contributed by atoms with Gasteiger partial charge in [0.1, 0.15) is 0 Å². The molecule has 0 aromatic rings. The molecule has 2 saturated carbocycles. The first kappa shape index (κ1) is 11.4. The quantitative estimate of drug-likeness (QED) is 0.728. The Morgan fingerprint density at radius 1 is 1.20 bits per heavy atom. The van der Waals surface area contributed by atoms with Crippen LogP contribution in [0.4, 0.5) is 0 Å². The fraction of sp³-hybridized carbons (Fsp3) is 1.00. The van der Waals surface area contributed by atoms with Crippen molar-refractivity contribution in [2.45, 2.75) is 49.8 Å². The molecule has 3 N–H and O–H groups in total. The minimum atomic E-state index is -3.11. The summed E-state index contributed by atoms with van der Waals surface area (Å²) in [6, 6.07) is -0.0180. The van der Waals surface area contributed by atoms with Crippen LogP contribution in [-0.4, -0.2) is 26.3 Å². The Morgan fingerprint density at radius 2 is 1.80 bits per heavy atom. The second-order valence-corrected chi connectivity index (χ2v) is 6.74. The highest BCUT2D eigenvalue weighted by Crippen LogP contribution is 2.33. The van der Waals surface area contributed by atoms with Gasteiger partial charge in [-0.05, 0) is 31.6 Å². The first-order valence-electron chi connectivity index (χ1n) is 5.84. The van der Waals surface area contributed by atoms with Gasteiger partial charge in [0.25, 0.3) is 0 Å². The average molecular weight is 232 g/mol. The maximum absolute atomic E-state index is 12.0. The molecule has 2 aliphatic carbocycles. The number of rotatable bonds is 5. The van der Waals surface area contributed by atoms with E-state index in [9.17, 15) is 8.42 Å². The fourth-order valence-corrected chi connectivity index (χ4v) is 4.20. The van der Waals surface area contributed by atoms with E-state index in [0.29, 0.717) is 12.5 Å². The van der Waals surface area contributed by atoms with E-state index in [-0.39, 0.29) is 11.3 Å². The molecule has 5 heteroatoms. The van der Waals surface area contributed by atoms with Crippen molar-refractivity contribution in [1.82, 2.24) is 4.72 Å². The van der Waals surface area contributed by atoms with Gasteiger partial charge in [-0.15, -0.1) is 0 Å². The zero-order valence-corrected chi connectivity index (χ0v) is 9.80. The molecule has 2 rings (SSSR count). The van der Waals surface area contributed by atoms with Crippen molar-refractivity contribution in [3.8, 4) is 0 Å². The molecule has 15 heavy (non-hydrogen) atoms. The van der Waals surface area contributed by atoms with E-state index in [1.54, 1.807) is 0 Å². The minimum Gasteiger partial charge on any atom is -0.329 e. The number of hydrogen-bond donors (Lipinski definition) is 2. The van der Waals surface area contributed by atoms with E-state index < -0.39 is 10.0 Å². The predicted molar refractivity (Wildman–Crippen MR) is 59.9 cm³/mol. The Bertz CT molecular complexity index is 305. The number of sulfonamides is 1. The molecule has 4 nitrogen and oxygen atoms in total. The van der Waals surface area contributed by atoms with Crippen LogP contribution in [0, 0.1) is 5.92 Å². The summed E-state index contributed by atoms with van der Waals surface area (Å²) in [5, 5.41) is -0.162. The summed E-state index contributed by atoms with van der Waals surface area (Å²) in [6.45, 7) is 0.427. The summed E-state index contributed by atoms with van der Waals surface area (Å²) in [7, 11) is -3.11. The molecule has 0 aromatic carbocycles. The monoisotopic (exact) mass is 232 g/mol. The van der Waals surface area contributed by atoms with Gasteiger partial charge in [0.15, 0.2) is 0 Å². The zero-order valence-electron chi connectivity index (χ0n) is 8.98. The van der Waals surface area contributed by atoms with Crippen molar-refractivity contribution in [3.05, 3.63) is 0 Å². The van der Waals surface area contributed by atoms with Crippen molar-refractivity contribution in [2.24, 2.45) is 11.7 Å². The Hall–Kier alpha value is -0.130. The Balaban J connectivity index is 1.95. The van der Waals surface area contributed by atoms with Crippen molar-refractivity contribution >= 4 is 10.0 Å². The Morgan fingerprint density at radius 3 is 2.27 bits per heavy atom. The second-order valence-electron chi connectivity index (χ2n) is 4.75. The SMILES string of the molecule is NCC(NS(=O)(=O)C1CCCC1)C1CC1. The van der Waals surface area contributed by atoms with Gasteiger partial charge < -0.3 is 5.73 Å². The first-order chi connectivity index (χ1) is 7.13. The molecule has 1 atom stereocenters. The molecular formula is C10H20N2O2S. The zero-order chi connectivity index (χ0) is 10.9. The van der Waals surface area contributed by atoms with Gasteiger partial charge in [0.05, 0.1) is 5.25 Å². The normalized spacial score (nSPS) is 25.7. The minimum absolute atomic E-state index is 0.0180. The molecule has 0 saturated heterocycles. The van der Waals surface area contributed by atoms with Crippen molar-refractivity contribution < 1.29 is 8.42 Å². The van der Waals surface area contributed by atoms with Crippen LogP contribution in [0.5, 0.6) is 0 Å². The molecule has 2 aliphatic rings. The summed E-state index contributed by atoms with van der Waals surface area (Å²) < 4.78 is 26.7. The van der Waals surface area contributed by atoms with Crippen molar-refractivity contribution in [3.63, 3.8) is 0 Å². The standard InChI is InChI=1S/C10H20N2O2S/c11-7-10(8-5-6-8)12-15(13,14)9-3-1-2-4-9/h8-10,12H,1-7,11H2. The number of hydrogen-bond acceptors (Lipinski definition) is 3. The van der Waals surface area contributed by atoms with E-state index in [1.807, 2.05) is 0 Å². The van der Waals surface area contributed by atoms with Gasteiger partial charge in [-0.1, -0.05) is 12.8 Å². The highest BCUT2D eigenvalue weighted by atomic mass is 32.2. The van der Waals surface area contributed by atoms with Crippen LogP contribution in [0.15, 0.2) is 0 Å². The van der Waals surface area contributed by atoms with E-state index in [4.69, 9.17) is 5.73 Å². The van der Waals surface area contributed by atoms with Crippen LogP contribution in [0.25, 0.3) is 0 Å². The third-order valence-electron chi connectivity index (χ3n) is 3.50. The number of nitrogens with one attached hydrogen (secondary N) is 1. The highest BCUT2D eigenvalue weighted by molar-refractivity contribution is 7.90. The largest absolute Gasteiger partial charge is 0.329 e. The van der Waals surface area contributed by atoms with Gasteiger partial charge >= 0.3 is 0 Å². The lowest BCUT2D eigenvalue weighted by Gasteiger charge is -2.19. The molecule has 0 spiro atoms. The Labute approximate surface area is 91.7 Å². The lowest BCUT2D eigenvalue weighted by atomic mass is 10.2. The van der Waals surface area contributed by atoms with Crippen LogP contribution in [0.3, 0.4) is 0 Å². The van der Waals surface area contributed by atoms with Crippen LogP contribution < -0.4 is 10.5 Å². The molecule has 2 fully saturated rings. The predicted octanol–water partition coefficient (Wildman–Crippen LogP) is 0.586. The summed E-state index contributed by atoms with van der Waals surface area (Å²) in [5.74, 6) is 0.492. The molecule has 0 aliphatic heterocycles. The maximum Gasteiger partial charge on any atom is 0.214 e. The Kier molecular flexibility index (Phi) is 3.33. The molecular weight excluding hydrogens is 212 g/mol. The lowest BCUT2D eigenvalue weighted by molar-refractivity contribution is 0.509. The first-order valence-corrected chi connectivity index (χ1v) is 7.39. The van der Waals surface area contributed by atoms with Crippen LogP contribution in [0.2, 0.25) is 0 Å². The molecule has 0 radical (unpaired) electrons. The molecule has 88 valence electrons. The molecule has 0 aromatic heterocycles. The van der Waals surface area contributed by atoms with Crippen molar-refractivity contribution in [2.75, 3.05) is 6.54 Å². The summed E-state index contributed by atoms with van der Waals surface area (Å²) in [4.78, 5) is 0. The van der Waals surface area contributed by atoms with Crippen LogP contribution >= 0.6 is 0 Å². The third kappa shape index (κ3) is 2.71. The van der Waals surface area contributed by atoms with E-state index in [2.05, 4.69) is 4.72 Å². The van der Waals surface area contributed by atoms with Gasteiger partial charge in [-0.2, -0.15) is 0 Å². The lowest BCUT2D eigenvalue weighted by Crippen LogP contribution is -2.45. The fourth-order valence-electron chi connectivity index (χ4n) is 2.34. The highest BCUT2D eigenvalue weighted by Gasteiger charge is 2.36. The maximum atomic E-state index is 12.0. The summed E-state index contributed by atoms with van der Waals surface area (Å²) >= 11 is 0. The van der Waals surface area contributed by atoms with Gasteiger partial charge in [0, 0.05) is 12.6 Å². The van der Waals surface area contributed by atoms with Crippen LogP contribution in [0.1, 0.15) is 38.5 Å².